The standard InChI is InChI=1S/C8H9F3N2/c1-5(12)6-3-2-4-7(13-6)8(9,10)11/h2-5H,12H2,1H3/t5-/m1/s1. The molecule has 1 heterocycles. The molecule has 0 aliphatic heterocycles. The molecule has 1 aromatic rings. The minimum absolute atomic E-state index is 0.245. The fourth-order valence-electron chi connectivity index (χ4n) is 0.863. The molecule has 0 aliphatic rings. The van der Waals surface area contributed by atoms with E-state index in [1.54, 1.807) is 6.92 Å². The monoisotopic (exact) mass is 190 g/mol. The fraction of sp³-hybridized carbons (Fsp3) is 0.375. The Morgan fingerprint density at radius 3 is 2.46 bits per heavy atom. The van der Waals surface area contributed by atoms with E-state index in [-0.39, 0.29) is 5.69 Å². The molecular formula is C8H9F3N2. The number of nitrogens with two attached hydrogens (primary N) is 1. The third-order valence-corrected chi connectivity index (χ3v) is 1.53. The van der Waals surface area contributed by atoms with Crippen LogP contribution in [0.2, 0.25) is 0 Å². The number of pyridine rings is 1. The lowest BCUT2D eigenvalue weighted by Gasteiger charge is -2.09. The summed E-state index contributed by atoms with van der Waals surface area (Å²) in [6.07, 6.45) is -4.40. The van der Waals surface area contributed by atoms with E-state index in [2.05, 4.69) is 4.98 Å². The van der Waals surface area contributed by atoms with Crippen molar-refractivity contribution >= 4 is 0 Å². The van der Waals surface area contributed by atoms with E-state index in [0.29, 0.717) is 0 Å². The van der Waals surface area contributed by atoms with Gasteiger partial charge in [0.2, 0.25) is 0 Å². The first kappa shape index (κ1) is 9.98. The van der Waals surface area contributed by atoms with Gasteiger partial charge in [-0.25, -0.2) is 4.98 Å². The van der Waals surface area contributed by atoms with Crippen molar-refractivity contribution in [2.45, 2.75) is 19.1 Å². The summed E-state index contributed by atoms with van der Waals surface area (Å²) in [4.78, 5) is 3.39. The maximum Gasteiger partial charge on any atom is 0.433 e. The molecule has 0 fully saturated rings. The number of aromatic nitrogens is 1. The minimum atomic E-state index is -4.40. The van der Waals surface area contributed by atoms with Crippen LogP contribution in [-0.4, -0.2) is 4.98 Å². The van der Waals surface area contributed by atoms with Crippen molar-refractivity contribution in [2.24, 2.45) is 5.73 Å². The van der Waals surface area contributed by atoms with Crippen LogP contribution in [0.15, 0.2) is 18.2 Å². The highest BCUT2D eigenvalue weighted by molar-refractivity contribution is 5.15. The summed E-state index contributed by atoms with van der Waals surface area (Å²) in [5.41, 5.74) is 4.74. The number of rotatable bonds is 1. The summed E-state index contributed by atoms with van der Waals surface area (Å²) in [5.74, 6) is 0. The van der Waals surface area contributed by atoms with E-state index in [9.17, 15) is 13.2 Å². The van der Waals surface area contributed by atoms with Crippen molar-refractivity contribution in [2.75, 3.05) is 0 Å². The molecule has 1 rings (SSSR count). The average Bonchev–Trinajstić information content (AvgIpc) is 2.03. The average molecular weight is 190 g/mol. The van der Waals surface area contributed by atoms with Crippen molar-refractivity contribution < 1.29 is 13.2 Å². The van der Waals surface area contributed by atoms with Gasteiger partial charge in [0, 0.05) is 6.04 Å². The first-order valence-corrected chi connectivity index (χ1v) is 3.71. The summed E-state index contributed by atoms with van der Waals surface area (Å²) < 4.78 is 36.4. The number of hydrogen-bond acceptors (Lipinski definition) is 2. The second kappa shape index (κ2) is 3.33. The Balaban J connectivity index is 3.06. The van der Waals surface area contributed by atoms with Crippen molar-refractivity contribution in [3.63, 3.8) is 0 Å². The molecule has 5 heteroatoms. The van der Waals surface area contributed by atoms with Crippen LogP contribution in [0.1, 0.15) is 24.4 Å². The van der Waals surface area contributed by atoms with Gasteiger partial charge in [-0.05, 0) is 19.1 Å². The van der Waals surface area contributed by atoms with Gasteiger partial charge < -0.3 is 5.73 Å². The Bertz CT molecular complexity index is 294. The van der Waals surface area contributed by atoms with Crippen LogP contribution in [0.3, 0.4) is 0 Å². The van der Waals surface area contributed by atoms with Crippen LogP contribution in [0.5, 0.6) is 0 Å². The summed E-state index contributed by atoms with van der Waals surface area (Å²) in [6.45, 7) is 1.59. The molecule has 0 saturated heterocycles. The van der Waals surface area contributed by atoms with E-state index >= 15 is 0 Å². The molecule has 0 radical (unpaired) electrons. The highest BCUT2D eigenvalue weighted by atomic mass is 19.4. The lowest BCUT2D eigenvalue weighted by Crippen LogP contribution is -2.13. The zero-order valence-corrected chi connectivity index (χ0v) is 6.97. The van der Waals surface area contributed by atoms with Crippen LogP contribution < -0.4 is 5.73 Å². The molecule has 2 nitrogen and oxygen atoms in total. The van der Waals surface area contributed by atoms with E-state index < -0.39 is 17.9 Å². The van der Waals surface area contributed by atoms with Crippen LogP contribution in [-0.2, 0) is 6.18 Å². The largest absolute Gasteiger partial charge is 0.433 e. The molecule has 0 aliphatic carbocycles. The van der Waals surface area contributed by atoms with Gasteiger partial charge in [0.25, 0.3) is 0 Å². The molecule has 72 valence electrons. The van der Waals surface area contributed by atoms with Gasteiger partial charge in [-0.2, -0.15) is 13.2 Å². The predicted octanol–water partition coefficient (Wildman–Crippen LogP) is 2.12. The fourth-order valence-corrected chi connectivity index (χ4v) is 0.863. The highest BCUT2D eigenvalue weighted by Gasteiger charge is 2.32. The number of nitrogens with zero attached hydrogens (tertiary/aromatic N) is 1. The van der Waals surface area contributed by atoms with Crippen molar-refractivity contribution in [3.8, 4) is 0 Å². The van der Waals surface area contributed by atoms with Crippen molar-refractivity contribution in [3.05, 3.63) is 29.6 Å². The smallest absolute Gasteiger partial charge is 0.323 e. The molecule has 2 N–H and O–H groups in total. The minimum Gasteiger partial charge on any atom is -0.323 e. The van der Waals surface area contributed by atoms with E-state index in [4.69, 9.17) is 5.73 Å². The molecule has 1 aromatic heterocycles. The zero-order valence-electron chi connectivity index (χ0n) is 6.97. The topological polar surface area (TPSA) is 38.9 Å². The molecule has 1 atom stereocenters. The van der Waals surface area contributed by atoms with Crippen LogP contribution in [0.4, 0.5) is 13.2 Å². The Labute approximate surface area is 73.6 Å². The number of halogens is 3. The normalized spacial score (nSPS) is 14.2. The Morgan fingerprint density at radius 2 is 2.00 bits per heavy atom. The quantitative estimate of drug-likeness (QED) is 0.736. The second-order valence-electron chi connectivity index (χ2n) is 2.73. The summed E-state index contributed by atoms with van der Waals surface area (Å²) >= 11 is 0. The first-order valence-electron chi connectivity index (χ1n) is 3.71. The summed E-state index contributed by atoms with van der Waals surface area (Å²) in [5, 5.41) is 0. The molecular weight excluding hydrogens is 181 g/mol. The van der Waals surface area contributed by atoms with E-state index in [1.807, 2.05) is 0 Å². The first-order chi connectivity index (χ1) is 5.91. The maximum atomic E-state index is 12.1. The summed E-state index contributed by atoms with van der Waals surface area (Å²) in [6, 6.07) is 3.21. The Hall–Kier alpha value is -1.10. The van der Waals surface area contributed by atoms with Crippen LogP contribution in [0.25, 0.3) is 0 Å². The lowest BCUT2D eigenvalue weighted by atomic mass is 10.2. The van der Waals surface area contributed by atoms with E-state index in [1.165, 1.54) is 12.1 Å². The lowest BCUT2D eigenvalue weighted by molar-refractivity contribution is -0.141. The predicted molar refractivity (Wildman–Crippen MR) is 41.8 cm³/mol. The van der Waals surface area contributed by atoms with Crippen molar-refractivity contribution in [1.29, 1.82) is 0 Å². The molecule has 0 aromatic carbocycles. The maximum absolute atomic E-state index is 12.1. The molecule has 13 heavy (non-hydrogen) atoms. The number of alkyl halides is 3. The molecule has 0 unspecified atom stereocenters. The van der Waals surface area contributed by atoms with Gasteiger partial charge in [-0.15, -0.1) is 0 Å². The van der Waals surface area contributed by atoms with Crippen LogP contribution >= 0.6 is 0 Å². The number of hydrogen-bond donors (Lipinski definition) is 1. The second-order valence-corrected chi connectivity index (χ2v) is 2.73. The highest BCUT2D eigenvalue weighted by Crippen LogP contribution is 2.27. The molecule has 0 spiro atoms. The van der Waals surface area contributed by atoms with Crippen LogP contribution in [0, 0.1) is 0 Å². The summed E-state index contributed by atoms with van der Waals surface area (Å²) in [7, 11) is 0. The van der Waals surface area contributed by atoms with Gasteiger partial charge in [-0.3, -0.25) is 0 Å². The Morgan fingerprint density at radius 1 is 1.38 bits per heavy atom. The van der Waals surface area contributed by atoms with Crippen molar-refractivity contribution in [1.82, 2.24) is 4.98 Å². The van der Waals surface area contributed by atoms with Gasteiger partial charge in [-0.1, -0.05) is 6.07 Å². The molecule has 0 saturated carbocycles. The van der Waals surface area contributed by atoms with Gasteiger partial charge in [0.15, 0.2) is 0 Å². The molecule has 0 bridgehead atoms. The van der Waals surface area contributed by atoms with Gasteiger partial charge in [0.1, 0.15) is 5.69 Å². The molecule has 0 amide bonds. The SMILES string of the molecule is C[C@@H](N)c1cccc(C(F)(F)F)n1. The Kier molecular flexibility index (Phi) is 2.56. The zero-order chi connectivity index (χ0) is 10.1. The van der Waals surface area contributed by atoms with Gasteiger partial charge >= 0.3 is 6.18 Å². The third kappa shape index (κ3) is 2.42. The van der Waals surface area contributed by atoms with Gasteiger partial charge in [0.05, 0.1) is 5.69 Å². The van der Waals surface area contributed by atoms with E-state index in [0.717, 1.165) is 6.07 Å². The third-order valence-electron chi connectivity index (χ3n) is 1.53.